The molecule has 0 aliphatic heterocycles. The van der Waals surface area contributed by atoms with Crippen molar-refractivity contribution in [2.45, 2.75) is 51.9 Å². The Balaban J connectivity index is 3.40. The van der Waals surface area contributed by atoms with Crippen molar-refractivity contribution in [3.63, 3.8) is 0 Å². The number of aryl methyl sites for hydroxylation is 1. The highest BCUT2D eigenvalue weighted by atomic mass is 16.4. The second-order valence-electron chi connectivity index (χ2n) is 4.92. The SMILES string of the molecule is CCCC(CCC)(C(=O)O)c1cccc(C)c1N. The lowest BCUT2D eigenvalue weighted by atomic mass is 9.72. The van der Waals surface area contributed by atoms with Crippen molar-refractivity contribution in [2.75, 3.05) is 5.73 Å². The molecule has 1 aromatic rings. The van der Waals surface area contributed by atoms with Crippen LogP contribution in [0.4, 0.5) is 5.69 Å². The van der Waals surface area contributed by atoms with Crippen molar-refractivity contribution >= 4 is 11.7 Å². The van der Waals surface area contributed by atoms with Crippen molar-refractivity contribution in [1.82, 2.24) is 0 Å². The molecule has 0 heterocycles. The summed E-state index contributed by atoms with van der Waals surface area (Å²) in [5.74, 6) is -0.761. The molecule has 0 fully saturated rings. The summed E-state index contributed by atoms with van der Waals surface area (Å²) in [4.78, 5) is 11.8. The fourth-order valence-corrected chi connectivity index (χ4v) is 2.67. The van der Waals surface area contributed by atoms with E-state index < -0.39 is 11.4 Å². The van der Waals surface area contributed by atoms with E-state index in [2.05, 4.69) is 0 Å². The highest BCUT2D eigenvalue weighted by molar-refractivity contribution is 5.84. The Hall–Kier alpha value is -1.51. The number of carboxylic acids is 1. The van der Waals surface area contributed by atoms with Gasteiger partial charge in [0.25, 0.3) is 0 Å². The third kappa shape index (κ3) is 2.50. The van der Waals surface area contributed by atoms with Crippen LogP contribution < -0.4 is 5.73 Å². The number of anilines is 1. The van der Waals surface area contributed by atoms with Gasteiger partial charge in [0.2, 0.25) is 0 Å². The van der Waals surface area contributed by atoms with Crippen molar-refractivity contribution in [2.24, 2.45) is 0 Å². The van der Waals surface area contributed by atoms with Gasteiger partial charge in [0.15, 0.2) is 0 Å². The Morgan fingerprint density at radius 2 is 1.83 bits per heavy atom. The summed E-state index contributed by atoms with van der Waals surface area (Å²) in [5, 5.41) is 9.70. The summed E-state index contributed by atoms with van der Waals surface area (Å²) in [6, 6.07) is 5.68. The van der Waals surface area contributed by atoms with E-state index in [1.807, 2.05) is 39.0 Å². The van der Waals surface area contributed by atoms with Crippen molar-refractivity contribution in [3.05, 3.63) is 29.3 Å². The maximum absolute atomic E-state index is 11.8. The number of para-hydroxylation sites is 1. The van der Waals surface area contributed by atoms with Gasteiger partial charge < -0.3 is 10.8 Å². The van der Waals surface area contributed by atoms with Crippen LogP contribution in [-0.4, -0.2) is 11.1 Å². The van der Waals surface area contributed by atoms with Crippen LogP contribution in [0.15, 0.2) is 18.2 Å². The molecule has 0 saturated heterocycles. The minimum absolute atomic E-state index is 0.627. The van der Waals surface area contributed by atoms with Crippen LogP contribution in [0, 0.1) is 6.92 Å². The van der Waals surface area contributed by atoms with Gasteiger partial charge in [-0.25, -0.2) is 0 Å². The Bertz CT molecular complexity index is 421. The number of carbonyl (C=O) groups is 1. The first-order valence-corrected chi connectivity index (χ1v) is 6.58. The van der Waals surface area contributed by atoms with Crippen LogP contribution in [0.3, 0.4) is 0 Å². The number of aliphatic carboxylic acids is 1. The zero-order chi connectivity index (χ0) is 13.8. The highest BCUT2D eigenvalue weighted by Gasteiger charge is 2.40. The summed E-state index contributed by atoms with van der Waals surface area (Å²) >= 11 is 0. The summed E-state index contributed by atoms with van der Waals surface area (Å²) < 4.78 is 0. The van der Waals surface area contributed by atoms with E-state index in [1.54, 1.807) is 0 Å². The first kappa shape index (κ1) is 14.6. The van der Waals surface area contributed by atoms with Crippen LogP contribution in [-0.2, 0) is 10.2 Å². The van der Waals surface area contributed by atoms with Gasteiger partial charge in [-0.15, -0.1) is 0 Å². The molecule has 1 rings (SSSR count). The van der Waals surface area contributed by atoms with E-state index in [1.165, 1.54) is 0 Å². The minimum atomic E-state index is -0.834. The third-order valence-corrected chi connectivity index (χ3v) is 3.60. The number of hydrogen-bond donors (Lipinski definition) is 2. The lowest BCUT2D eigenvalue weighted by Crippen LogP contribution is -2.36. The molecular formula is C15H23NO2. The minimum Gasteiger partial charge on any atom is -0.481 e. The maximum atomic E-state index is 11.8. The van der Waals surface area contributed by atoms with Crippen LogP contribution in [0.5, 0.6) is 0 Å². The van der Waals surface area contributed by atoms with Crippen LogP contribution >= 0.6 is 0 Å². The summed E-state index contributed by atoms with van der Waals surface area (Å²) in [6.07, 6.45) is 2.92. The Kier molecular flexibility index (Phi) is 4.76. The van der Waals surface area contributed by atoms with Crippen molar-refractivity contribution < 1.29 is 9.90 Å². The second-order valence-corrected chi connectivity index (χ2v) is 4.92. The summed E-state index contributed by atoms with van der Waals surface area (Å²) in [7, 11) is 0. The molecule has 18 heavy (non-hydrogen) atoms. The first-order chi connectivity index (χ1) is 8.49. The number of rotatable bonds is 6. The quantitative estimate of drug-likeness (QED) is 0.758. The Morgan fingerprint density at radius 3 is 2.28 bits per heavy atom. The van der Waals surface area contributed by atoms with Crippen LogP contribution in [0.25, 0.3) is 0 Å². The van der Waals surface area contributed by atoms with Gasteiger partial charge in [-0.2, -0.15) is 0 Å². The molecule has 1 aromatic carbocycles. The highest BCUT2D eigenvalue weighted by Crippen LogP contribution is 2.38. The molecule has 0 atom stereocenters. The van der Waals surface area contributed by atoms with Gasteiger partial charge in [-0.05, 0) is 30.9 Å². The summed E-state index contributed by atoms with van der Waals surface area (Å²) in [5.41, 5.74) is 7.62. The maximum Gasteiger partial charge on any atom is 0.314 e. The average Bonchev–Trinajstić information content (AvgIpc) is 2.32. The van der Waals surface area contributed by atoms with E-state index >= 15 is 0 Å². The molecule has 0 radical (unpaired) electrons. The Labute approximate surface area is 109 Å². The number of benzene rings is 1. The molecule has 3 N–H and O–H groups in total. The average molecular weight is 249 g/mol. The van der Waals surface area contributed by atoms with Gasteiger partial charge in [0, 0.05) is 5.69 Å². The first-order valence-electron chi connectivity index (χ1n) is 6.58. The van der Waals surface area contributed by atoms with E-state index in [0.717, 1.165) is 24.0 Å². The molecule has 0 saturated carbocycles. The van der Waals surface area contributed by atoms with Crippen LogP contribution in [0.1, 0.15) is 50.7 Å². The standard InChI is InChI=1S/C15H23NO2/c1-4-9-15(10-5-2,14(17)18)12-8-6-7-11(3)13(12)16/h6-8H,4-5,9-10,16H2,1-3H3,(H,17,18). The largest absolute Gasteiger partial charge is 0.481 e. The van der Waals surface area contributed by atoms with E-state index in [9.17, 15) is 9.90 Å². The molecule has 3 nitrogen and oxygen atoms in total. The zero-order valence-electron chi connectivity index (χ0n) is 11.5. The van der Waals surface area contributed by atoms with Crippen molar-refractivity contribution in [1.29, 1.82) is 0 Å². The second kappa shape index (κ2) is 5.89. The molecule has 0 aromatic heterocycles. The molecule has 0 amide bonds. The molecule has 0 spiro atoms. The Morgan fingerprint density at radius 1 is 1.28 bits per heavy atom. The number of carboxylic acid groups (broad SMARTS) is 1. The predicted octanol–water partition coefficient (Wildman–Crippen LogP) is 3.50. The van der Waals surface area contributed by atoms with Crippen LogP contribution in [0.2, 0.25) is 0 Å². The normalized spacial score (nSPS) is 11.5. The fraction of sp³-hybridized carbons (Fsp3) is 0.533. The summed E-state index contributed by atoms with van der Waals surface area (Å²) in [6.45, 7) is 5.95. The predicted molar refractivity (Wildman–Crippen MR) is 74.7 cm³/mol. The smallest absolute Gasteiger partial charge is 0.314 e. The molecule has 0 aliphatic carbocycles. The molecule has 100 valence electrons. The van der Waals surface area contributed by atoms with Gasteiger partial charge >= 0.3 is 5.97 Å². The monoisotopic (exact) mass is 249 g/mol. The lowest BCUT2D eigenvalue weighted by Gasteiger charge is -2.31. The van der Waals surface area contributed by atoms with Gasteiger partial charge in [-0.1, -0.05) is 44.9 Å². The molecule has 0 unspecified atom stereocenters. The van der Waals surface area contributed by atoms with E-state index in [4.69, 9.17) is 5.73 Å². The zero-order valence-corrected chi connectivity index (χ0v) is 11.5. The van der Waals surface area contributed by atoms with Gasteiger partial charge in [-0.3, -0.25) is 4.79 Å². The molecule has 0 aliphatic rings. The number of nitrogens with two attached hydrogens (primary N) is 1. The molecule has 0 bridgehead atoms. The van der Waals surface area contributed by atoms with E-state index in [-0.39, 0.29) is 0 Å². The van der Waals surface area contributed by atoms with Crippen molar-refractivity contribution in [3.8, 4) is 0 Å². The van der Waals surface area contributed by atoms with Gasteiger partial charge in [0.05, 0.1) is 5.41 Å². The lowest BCUT2D eigenvalue weighted by molar-refractivity contribution is -0.144. The topological polar surface area (TPSA) is 63.3 Å². The molecule has 3 heteroatoms. The fourth-order valence-electron chi connectivity index (χ4n) is 2.67. The third-order valence-electron chi connectivity index (χ3n) is 3.60. The number of hydrogen-bond acceptors (Lipinski definition) is 2. The number of nitrogen functional groups attached to an aromatic ring is 1. The van der Waals surface area contributed by atoms with Gasteiger partial charge in [0.1, 0.15) is 0 Å². The van der Waals surface area contributed by atoms with E-state index in [0.29, 0.717) is 18.5 Å². The molecular weight excluding hydrogens is 226 g/mol.